The van der Waals surface area contributed by atoms with Gasteiger partial charge in [0.1, 0.15) is 34.8 Å². The fourth-order valence-electron chi connectivity index (χ4n) is 10.8. The van der Waals surface area contributed by atoms with E-state index in [0.29, 0.717) is 46.5 Å². The zero-order valence-corrected chi connectivity index (χ0v) is 51.5. The molecular formula is C68H72Cl3F5N8O2. The molecule has 0 spiro atoms. The summed E-state index contributed by atoms with van der Waals surface area (Å²) >= 11 is 18.5. The third kappa shape index (κ3) is 16.3. The standard InChI is InChI=1S/C37H38Cl3FN4O.C31H34F4N4O/c1-4-16-44(17-5-2)29-11-8-27(9-12-29)37-43-35-21-28(10-15-36(35)45(37)23-26-7-14-33(41)32(40)20-26)34(18-24(3)46)42-22-25-6-13-30(38)31(39)19-25;1-4-14-38(15-5-2)24-10-7-22(8-11-24)30-37-28-18-23(27(36)16-20(3)40)9-13-29(28)39(30)19-21-6-12-25(26(32)17-21)31(33,34)35/h6-15,19-21,34,42H,4-5,16-18,22-23H2,1-3H3;6-13,17-18,27H,4-5,14-16,19,36H2,1-3H3. The molecule has 2 heterocycles. The van der Waals surface area contributed by atoms with Crippen molar-refractivity contribution in [2.75, 3.05) is 36.0 Å². The van der Waals surface area contributed by atoms with Crippen molar-refractivity contribution < 1.29 is 31.5 Å². The van der Waals surface area contributed by atoms with Crippen LogP contribution in [0.15, 0.2) is 140 Å². The third-order valence-corrected chi connectivity index (χ3v) is 15.9. The predicted octanol–water partition coefficient (Wildman–Crippen LogP) is 17.8. The average molecular weight is 1230 g/mol. The van der Waals surface area contributed by atoms with Crippen molar-refractivity contribution in [3.63, 3.8) is 0 Å². The average Bonchev–Trinajstić information content (AvgIpc) is 2.13. The molecule has 18 heteroatoms. The van der Waals surface area contributed by atoms with E-state index in [2.05, 4.69) is 71.6 Å². The zero-order chi connectivity index (χ0) is 61.8. The SMILES string of the molecule is CCCN(CCC)c1ccc(-c2nc3cc(C(CC(C)=O)NCc4ccc(Cl)c(Cl)c4)ccc3n2Cc2ccc(F)c(Cl)c2)cc1.CCCN(CCC)c1ccc(-c2nc3cc(C(N)CC(C)=O)ccc3n2Cc2ccc(C(F)(F)F)c(F)c2)cc1. The highest BCUT2D eigenvalue weighted by molar-refractivity contribution is 6.42. The summed E-state index contributed by atoms with van der Waals surface area (Å²) in [5.41, 5.74) is 16.0. The number of carbonyl (C=O) groups excluding carboxylic acids is 2. The van der Waals surface area contributed by atoms with Crippen molar-refractivity contribution >= 4 is 79.8 Å². The van der Waals surface area contributed by atoms with Crippen LogP contribution in [0.2, 0.25) is 15.1 Å². The number of rotatable bonds is 25. The number of benzene rings is 7. The van der Waals surface area contributed by atoms with Crippen LogP contribution >= 0.6 is 34.8 Å². The number of ketones is 2. The van der Waals surface area contributed by atoms with E-state index in [-0.39, 0.29) is 35.6 Å². The highest BCUT2D eigenvalue weighted by Gasteiger charge is 2.34. The van der Waals surface area contributed by atoms with Crippen LogP contribution in [-0.4, -0.2) is 56.8 Å². The molecule has 2 unspecified atom stereocenters. The van der Waals surface area contributed by atoms with Gasteiger partial charge in [0.15, 0.2) is 0 Å². The van der Waals surface area contributed by atoms with E-state index in [9.17, 15) is 31.5 Å². The van der Waals surface area contributed by atoms with Gasteiger partial charge in [-0.1, -0.05) is 92.8 Å². The molecule has 0 radical (unpaired) electrons. The Labute approximate surface area is 515 Å². The molecule has 0 amide bonds. The van der Waals surface area contributed by atoms with Gasteiger partial charge in [-0.25, -0.2) is 18.7 Å². The van der Waals surface area contributed by atoms with Gasteiger partial charge in [-0.15, -0.1) is 0 Å². The van der Waals surface area contributed by atoms with Crippen molar-refractivity contribution in [1.82, 2.24) is 24.4 Å². The van der Waals surface area contributed by atoms with Crippen molar-refractivity contribution in [2.24, 2.45) is 5.73 Å². The lowest BCUT2D eigenvalue weighted by molar-refractivity contribution is -0.140. The van der Waals surface area contributed by atoms with Gasteiger partial charge in [0, 0.05) is 93.2 Å². The molecule has 0 aliphatic rings. The van der Waals surface area contributed by atoms with E-state index in [4.69, 9.17) is 50.5 Å². The minimum absolute atomic E-state index is 0.0246. The Bertz CT molecular complexity index is 3780. The lowest BCUT2D eigenvalue weighted by Gasteiger charge is -2.24. The molecule has 3 N–H and O–H groups in total. The number of alkyl halides is 3. The molecule has 0 bridgehead atoms. The Kier molecular flexibility index (Phi) is 22.2. The summed E-state index contributed by atoms with van der Waals surface area (Å²) in [7, 11) is 0. The summed E-state index contributed by atoms with van der Waals surface area (Å²) in [5, 5.41) is 4.60. The maximum Gasteiger partial charge on any atom is 0.419 e. The number of halogens is 8. The first-order valence-electron chi connectivity index (χ1n) is 29.1. The normalized spacial score (nSPS) is 12.3. The number of aromatic nitrogens is 4. The number of nitrogens with one attached hydrogen (secondary N) is 1. The zero-order valence-electron chi connectivity index (χ0n) is 49.2. The van der Waals surface area contributed by atoms with Crippen LogP contribution in [0.3, 0.4) is 0 Å². The van der Waals surface area contributed by atoms with Gasteiger partial charge in [-0.2, -0.15) is 13.2 Å². The number of hydrogen-bond donors (Lipinski definition) is 2. The van der Waals surface area contributed by atoms with Gasteiger partial charge in [0.2, 0.25) is 0 Å². The second-order valence-electron chi connectivity index (χ2n) is 21.8. The smallest absolute Gasteiger partial charge is 0.372 e. The summed E-state index contributed by atoms with van der Waals surface area (Å²) in [6.45, 7) is 16.7. The van der Waals surface area contributed by atoms with Gasteiger partial charge in [-0.05, 0) is 177 Å². The van der Waals surface area contributed by atoms with Crippen LogP contribution in [0.5, 0.6) is 0 Å². The number of carbonyl (C=O) groups is 2. The maximum atomic E-state index is 14.4. The Morgan fingerprint density at radius 1 is 0.547 bits per heavy atom. The molecule has 0 fully saturated rings. The second kappa shape index (κ2) is 29.5. The quantitative estimate of drug-likeness (QED) is 0.0544. The van der Waals surface area contributed by atoms with Gasteiger partial charge >= 0.3 is 6.18 Å². The fourth-order valence-corrected chi connectivity index (χ4v) is 11.3. The number of nitrogens with zero attached hydrogens (tertiary/aromatic N) is 6. The Morgan fingerprint density at radius 2 is 1.01 bits per heavy atom. The highest BCUT2D eigenvalue weighted by Crippen LogP contribution is 2.36. The number of fused-ring (bicyclic) bond motifs is 2. The Balaban J connectivity index is 0.000000226. The molecule has 9 rings (SSSR count). The number of nitrogens with two attached hydrogens (primary N) is 1. The molecule has 2 atom stereocenters. The fraction of sp³-hybridized carbons (Fsp3) is 0.324. The maximum absolute atomic E-state index is 14.4. The molecule has 10 nitrogen and oxygen atoms in total. The molecule has 7 aromatic carbocycles. The molecule has 0 saturated heterocycles. The topological polar surface area (TPSA) is 114 Å². The van der Waals surface area contributed by atoms with Crippen LogP contribution < -0.4 is 20.9 Å². The van der Waals surface area contributed by atoms with Crippen molar-refractivity contribution in [3.8, 4) is 22.8 Å². The van der Waals surface area contributed by atoms with E-state index < -0.39 is 29.4 Å². The van der Waals surface area contributed by atoms with Gasteiger partial charge in [0.05, 0.1) is 42.7 Å². The summed E-state index contributed by atoms with van der Waals surface area (Å²) in [6, 6.07) is 40.7. The van der Waals surface area contributed by atoms with Gasteiger partial charge < -0.3 is 30.0 Å². The van der Waals surface area contributed by atoms with E-state index >= 15 is 0 Å². The number of hydrogen-bond acceptors (Lipinski definition) is 8. The van der Waals surface area contributed by atoms with E-state index in [1.165, 1.54) is 24.7 Å². The van der Waals surface area contributed by atoms with E-state index in [0.717, 1.165) is 125 Å². The molecule has 452 valence electrons. The third-order valence-electron chi connectivity index (χ3n) is 14.9. The van der Waals surface area contributed by atoms with Gasteiger partial charge in [0.25, 0.3) is 0 Å². The number of anilines is 2. The lowest BCUT2D eigenvalue weighted by atomic mass is 10.0. The molecule has 2 aromatic heterocycles. The summed E-state index contributed by atoms with van der Waals surface area (Å²) in [6.07, 6.45) is -0.0558. The predicted molar refractivity (Wildman–Crippen MR) is 341 cm³/mol. The second-order valence-corrected chi connectivity index (χ2v) is 23.0. The lowest BCUT2D eigenvalue weighted by Crippen LogP contribution is -2.24. The summed E-state index contributed by atoms with van der Waals surface area (Å²) < 4.78 is 71.8. The molecule has 0 aliphatic carbocycles. The summed E-state index contributed by atoms with van der Waals surface area (Å²) in [5.74, 6) is -0.324. The minimum atomic E-state index is -4.77. The highest BCUT2D eigenvalue weighted by atomic mass is 35.5. The van der Waals surface area contributed by atoms with Crippen LogP contribution in [0, 0.1) is 11.6 Å². The molecule has 86 heavy (non-hydrogen) atoms. The summed E-state index contributed by atoms with van der Waals surface area (Å²) in [4.78, 5) is 38.6. The molecular weight excluding hydrogens is 1160 g/mol. The van der Waals surface area contributed by atoms with Gasteiger partial charge in [-0.3, -0.25) is 9.59 Å². The molecule has 0 aliphatic heterocycles. The van der Waals surface area contributed by atoms with Crippen molar-refractivity contribution in [3.05, 3.63) is 200 Å². The van der Waals surface area contributed by atoms with E-state index in [1.54, 1.807) is 25.1 Å². The first-order valence-corrected chi connectivity index (χ1v) is 30.2. The van der Waals surface area contributed by atoms with E-state index in [1.807, 2.05) is 77.4 Å². The molecule has 9 aromatic rings. The van der Waals surface area contributed by atoms with Crippen molar-refractivity contribution in [2.45, 2.75) is 118 Å². The van der Waals surface area contributed by atoms with Crippen LogP contribution in [0.4, 0.5) is 33.3 Å². The van der Waals surface area contributed by atoms with Crippen LogP contribution in [0.25, 0.3) is 44.8 Å². The van der Waals surface area contributed by atoms with Crippen molar-refractivity contribution in [1.29, 1.82) is 0 Å². The first kappa shape index (κ1) is 64.8. The number of imidazole rings is 2. The minimum Gasteiger partial charge on any atom is -0.372 e. The largest absolute Gasteiger partial charge is 0.419 e. The number of Topliss-reactive ketones (excluding diaryl/α,β-unsaturated/α-hetero) is 2. The Morgan fingerprint density at radius 3 is 1.48 bits per heavy atom. The van der Waals surface area contributed by atoms with Crippen LogP contribution in [0.1, 0.15) is 126 Å². The first-order chi connectivity index (χ1) is 41.2. The Hall–Kier alpha value is -7.14. The van der Waals surface area contributed by atoms with Crippen LogP contribution in [-0.2, 0) is 35.4 Å². The molecule has 0 saturated carbocycles. The monoisotopic (exact) mass is 1230 g/mol.